The third-order valence-corrected chi connectivity index (χ3v) is 15.2. The second kappa shape index (κ2) is 22.6. The molecule has 0 aliphatic carbocycles. The molecule has 0 fully saturated rings. The van der Waals surface area contributed by atoms with Crippen LogP contribution in [0.3, 0.4) is 0 Å². The van der Waals surface area contributed by atoms with Crippen molar-refractivity contribution in [2.45, 2.75) is 39.5 Å². The van der Waals surface area contributed by atoms with Crippen LogP contribution in [-0.2, 0) is 20.8 Å². The van der Waals surface area contributed by atoms with Gasteiger partial charge in [-0.15, -0.1) is 74.6 Å². The van der Waals surface area contributed by atoms with Crippen LogP contribution in [0.1, 0.15) is 50.7 Å². The normalized spacial score (nSPS) is 11.4. The summed E-state index contributed by atoms with van der Waals surface area (Å²) in [5.41, 5.74) is 16.0. The van der Waals surface area contributed by atoms with E-state index in [9.17, 15) is 0 Å². The van der Waals surface area contributed by atoms with Crippen molar-refractivity contribution in [3.8, 4) is 55.6 Å². The van der Waals surface area contributed by atoms with Gasteiger partial charge >= 0.3 is 37.9 Å². The van der Waals surface area contributed by atoms with E-state index >= 15 is 0 Å². The van der Waals surface area contributed by atoms with Crippen LogP contribution in [0.2, 0.25) is 0 Å². The molecule has 12 aromatic rings. The molecule has 12 aromatic carbocycles. The number of hydrogen-bond donors (Lipinski definition) is 0. The molecule has 0 bridgehead atoms. The van der Waals surface area contributed by atoms with E-state index in [-0.39, 0.29) is 0 Å². The summed E-state index contributed by atoms with van der Waals surface area (Å²) in [5, 5.41) is 13.3. The van der Waals surface area contributed by atoms with E-state index in [1.54, 1.807) is 0 Å². The molecule has 1 heterocycles. The Morgan fingerprint density at radius 2 is 0.722 bits per heavy atom. The maximum absolute atomic E-state index is 4.93. The van der Waals surface area contributed by atoms with Gasteiger partial charge in [0.1, 0.15) is 0 Å². The zero-order valence-corrected chi connectivity index (χ0v) is 45.9. The standard InChI is InChI=1S/2C28H23.C12H7Si.2ClH.Zr/c2*1-19(2)22-17-21-11-8-16-27(28(21)18-22)26-14-6-5-13-25(26)24-15-7-10-20-9-3-4-12-23(20)24;1-3-7-11-9(5-1)10-6-2-4-8-12(10)13-11;;;/h2*3-19H,1-2H3;1-7H;2*1H;/q3*-1;;;+2/p-2. The minimum absolute atomic E-state index is 0.536. The Labute approximate surface area is 446 Å². The Kier molecular flexibility index (Phi) is 15.4. The van der Waals surface area contributed by atoms with Crippen LogP contribution < -0.4 is 10.4 Å². The van der Waals surface area contributed by atoms with E-state index in [4.69, 9.17) is 17.0 Å². The van der Waals surface area contributed by atoms with E-state index in [1.165, 1.54) is 120 Å². The van der Waals surface area contributed by atoms with Gasteiger partial charge in [0.05, 0.1) is 9.52 Å². The Bertz CT molecular complexity index is 3560. The summed E-state index contributed by atoms with van der Waals surface area (Å²) in [4.78, 5) is 0. The first-order valence-electron chi connectivity index (χ1n) is 24.7. The zero-order chi connectivity index (χ0) is 49.6. The fraction of sp³-hybridized carbons (Fsp3) is 0.0882. The minimum Gasteiger partial charge on any atom is -0.184 e. The van der Waals surface area contributed by atoms with Crippen molar-refractivity contribution in [3.63, 3.8) is 0 Å². The first-order chi connectivity index (χ1) is 35.3. The molecular weight excluding hydrogens is 1010 g/mol. The average molecular weight is 1060 g/mol. The Balaban J connectivity index is 0.000000128. The quantitative estimate of drug-likeness (QED) is 0.115. The van der Waals surface area contributed by atoms with Gasteiger partial charge in [-0.25, -0.2) is 0 Å². The van der Waals surface area contributed by atoms with Crippen LogP contribution in [0.4, 0.5) is 0 Å². The maximum Gasteiger partial charge on any atom is 0.0920 e. The van der Waals surface area contributed by atoms with E-state index in [2.05, 4.69) is 264 Å². The van der Waals surface area contributed by atoms with Crippen LogP contribution in [0.5, 0.6) is 0 Å². The van der Waals surface area contributed by atoms with Gasteiger partial charge in [0.2, 0.25) is 0 Å². The number of halogens is 2. The van der Waals surface area contributed by atoms with Crippen LogP contribution in [0.25, 0.3) is 98.7 Å². The van der Waals surface area contributed by atoms with Crippen molar-refractivity contribution in [1.82, 2.24) is 0 Å². The largest absolute Gasteiger partial charge is 0.184 e. The van der Waals surface area contributed by atoms with Crippen LogP contribution in [-0.4, -0.2) is 9.52 Å². The molecule has 1 aliphatic rings. The number of hydrogen-bond acceptors (Lipinski definition) is 0. The smallest absolute Gasteiger partial charge is 0.0920 e. The third kappa shape index (κ3) is 10.3. The van der Waals surface area contributed by atoms with Crippen LogP contribution in [0.15, 0.2) is 237 Å². The number of fused-ring (bicyclic) bond motifs is 7. The van der Waals surface area contributed by atoms with Gasteiger partial charge in [-0.3, -0.25) is 0 Å². The first-order valence-corrected chi connectivity index (χ1v) is 32.0. The molecule has 72 heavy (non-hydrogen) atoms. The van der Waals surface area contributed by atoms with E-state index in [1.807, 2.05) is 6.07 Å². The van der Waals surface area contributed by atoms with Gasteiger partial charge in [0, 0.05) is 0 Å². The molecule has 0 amide bonds. The van der Waals surface area contributed by atoms with Gasteiger partial charge < -0.3 is 0 Å². The molecule has 1 aliphatic heterocycles. The summed E-state index contributed by atoms with van der Waals surface area (Å²) < 4.78 is 0. The average Bonchev–Trinajstić information content (AvgIpc) is 4.18. The zero-order valence-electron chi connectivity index (χ0n) is 40.9. The summed E-state index contributed by atoms with van der Waals surface area (Å²) in [7, 11) is 10.7. The molecule has 0 saturated heterocycles. The predicted molar refractivity (Wildman–Crippen MR) is 311 cm³/mol. The monoisotopic (exact) mass is 1060 g/mol. The number of benzene rings is 10. The second-order valence-electron chi connectivity index (χ2n) is 18.8. The van der Waals surface area contributed by atoms with Crippen molar-refractivity contribution < 1.29 is 20.8 Å². The Morgan fingerprint density at radius 3 is 1.18 bits per heavy atom. The molecule has 0 unspecified atom stereocenters. The molecule has 0 saturated carbocycles. The molecular formula is C68H53Cl2SiZr-3. The summed E-state index contributed by atoms with van der Waals surface area (Å²) in [6.07, 6.45) is 0. The van der Waals surface area contributed by atoms with E-state index in [0.717, 1.165) is 9.52 Å². The minimum atomic E-state index is -0.826. The Morgan fingerprint density at radius 1 is 0.375 bits per heavy atom. The van der Waals surface area contributed by atoms with E-state index < -0.39 is 20.8 Å². The van der Waals surface area contributed by atoms with Gasteiger partial charge in [0.25, 0.3) is 0 Å². The molecule has 0 spiro atoms. The SMILES string of the molecule is CC(C)c1cc2c(-c3ccccc3-c3cccc4ccccc34)cccc2[cH-]1.CC(C)c1cc2c(-c3ccccc3-c3cccc4ccccc34)cccc2[cH-]1.[Cl][Zr][Cl].[c-]1cccc2c1[Si]c1ccccc1-2. The van der Waals surface area contributed by atoms with E-state index in [0.29, 0.717) is 11.8 Å². The van der Waals surface area contributed by atoms with Gasteiger partial charge in [-0.2, -0.15) is 41.6 Å². The molecule has 350 valence electrons. The molecule has 4 heteroatoms. The van der Waals surface area contributed by atoms with Crippen LogP contribution >= 0.6 is 17.0 Å². The van der Waals surface area contributed by atoms with Crippen molar-refractivity contribution in [1.29, 1.82) is 0 Å². The molecule has 0 nitrogen and oxygen atoms in total. The van der Waals surface area contributed by atoms with Gasteiger partial charge in [0.15, 0.2) is 0 Å². The van der Waals surface area contributed by atoms with Crippen LogP contribution in [0, 0.1) is 6.07 Å². The fourth-order valence-corrected chi connectivity index (χ4v) is 11.5. The van der Waals surface area contributed by atoms with Gasteiger partial charge in [-0.1, -0.05) is 219 Å². The molecule has 0 N–H and O–H groups in total. The fourth-order valence-electron chi connectivity index (χ4n) is 10.2. The molecule has 0 atom stereocenters. The van der Waals surface area contributed by atoms with Crippen molar-refractivity contribution in [3.05, 3.63) is 254 Å². The number of rotatable bonds is 6. The van der Waals surface area contributed by atoms with Crippen molar-refractivity contribution >= 4 is 80.0 Å². The summed E-state index contributed by atoms with van der Waals surface area (Å²) >= 11 is -0.826. The summed E-state index contributed by atoms with van der Waals surface area (Å²) in [5.74, 6) is 1.07. The molecule has 13 rings (SSSR count). The topological polar surface area (TPSA) is 0 Å². The first kappa shape index (κ1) is 49.2. The summed E-state index contributed by atoms with van der Waals surface area (Å²) in [6, 6.07) is 89.0. The second-order valence-corrected chi connectivity index (χ2v) is 23.9. The van der Waals surface area contributed by atoms with Crippen molar-refractivity contribution in [2.75, 3.05) is 0 Å². The Hall–Kier alpha value is -6.38. The maximum atomic E-state index is 4.93. The third-order valence-electron chi connectivity index (χ3n) is 13.8. The molecule has 2 radical (unpaired) electrons. The van der Waals surface area contributed by atoms with Crippen molar-refractivity contribution in [2.24, 2.45) is 0 Å². The summed E-state index contributed by atoms with van der Waals surface area (Å²) in [6.45, 7) is 9.05. The molecule has 0 aromatic heterocycles. The van der Waals surface area contributed by atoms with Gasteiger partial charge in [-0.05, 0) is 66.8 Å². The predicted octanol–water partition coefficient (Wildman–Crippen LogP) is 18.8.